The Morgan fingerprint density at radius 1 is 1.26 bits per heavy atom. The van der Waals surface area contributed by atoms with E-state index in [4.69, 9.17) is 15.5 Å². The number of rotatable bonds is 9. The first-order valence-electron chi connectivity index (χ1n) is 8.94. The molecule has 1 fully saturated rings. The molecule has 3 rings (SSSR count). The van der Waals surface area contributed by atoms with Gasteiger partial charge < -0.3 is 35.0 Å². The number of hydrogen-bond acceptors (Lipinski definition) is 11. The molecule has 0 spiro atoms. The SMILES string of the molecule is C=C1[C@@H](n2cnc3c(=O)[nH]c(N)nc32)C[C@H](O)[C@@]1(CF)COP(=O)(O)OP(=O)(O)OP(=O)(O)O. The van der Waals surface area contributed by atoms with Crippen molar-refractivity contribution in [2.75, 3.05) is 19.0 Å². The number of imidazole rings is 1. The summed E-state index contributed by atoms with van der Waals surface area (Å²) in [5.74, 6) is -0.243. The number of aliphatic hydroxyl groups excluding tert-OH is 1. The zero-order valence-corrected chi connectivity index (χ0v) is 19.5. The van der Waals surface area contributed by atoms with Crippen molar-refractivity contribution in [2.24, 2.45) is 5.41 Å². The van der Waals surface area contributed by atoms with Crippen LogP contribution in [-0.4, -0.2) is 63.6 Å². The molecule has 2 heterocycles. The summed E-state index contributed by atoms with van der Waals surface area (Å²) >= 11 is 0. The van der Waals surface area contributed by atoms with Gasteiger partial charge in [-0.05, 0) is 12.0 Å². The van der Waals surface area contributed by atoms with Gasteiger partial charge in [0.05, 0.1) is 30.5 Å². The van der Waals surface area contributed by atoms with Crippen LogP contribution in [0.4, 0.5) is 10.3 Å². The molecule has 0 aromatic carbocycles. The van der Waals surface area contributed by atoms with Crippen molar-refractivity contribution in [3.05, 3.63) is 28.8 Å². The Morgan fingerprint density at radius 2 is 1.91 bits per heavy atom. The summed E-state index contributed by atoms with van der Waals surface area (Å²) in [6, 6.07) is -0.936. The third-order valence-corrected chi connectivity index (χ3v) is 8.83. The van der Waals surface area contributed by atoms with Crippen LogP contribution in [-0.2, 0) is 26.8 Å². The summed E-state index contributed by atoms with van der Waals surface area (Å²) in [5.41, 5.74) is 2.64. The van der Waals surface area contributed by atoms with E-state index >= 15 is 0 Å². The summed E-state index contributed by atoms with van der Waals surface area (Å²) in [6.45, 7) is 1.22. The van der Waals surface area contributed by atoms with Gasteiger partial charge in [-0.15, -0.1) is 0 Å². The van der Waals surface area contributed by atoms with Gasteiger partial charge in [-0.2, -0.15) is 13.6 Å². The molecule has 0 aliphatic heterocycles. The molecule has 21 heteroatoms. The Bertz CT molecular complexity index is 1320. The van der Waals surface area contributed by atoms with E-state index in [2.05, 4.69) is 34.7 Å². The van der Waals surface area contributed by atoms with Gasteiger partial charge in [0.25, 0.3) is 5.56 Å². The fraction of sp³-hybridized carbons (Fsp3) is 0.462. The molecule has 17 nitrogen and oxygen atoms in total. The molecule has 34 heavy (non-hydrogen) atoms. The maximum absolute atomic E-state index is 14.2. The van der Waals surface area contributed by atoms with Crippen molar-refractivity contribution in [1.82, 2.24) is 19.5 Å². The first-order valence-corrected chi connectivity index (χ1v) is 13.5. The second-order valence-electron chi connectivity index (χ2n) is 7.22. The van der Waals surface area contributed by atoms with Crippen LogP contribution in [0.5, 0.6) is 0 Å². The van der Waals surface area contributed by atoms with E-state index in [-0.39, 0.29) is 29.1 Å². The lowest BCUT2D eigenvalue weighted by Crippen LogP contribution is -2.38. The van der Waals surface area contributed by atoms with Crippen LogP contribution in [0.1, 0.15) is 12.5 Å². The molecule has 2 unspecified atom stereocenters. The lowest BCUT2D eigenvalue weighted by atomic mass is 9.83. The normalized spacial score (nSPS) is 27.1. The number of aromatic nitrogens is 4. The summed E-state index contributed by atoms with van der Waals surface area (Å²) in [7, 11) is -17.0. The molecule has 1 aliphatic carbocycles. The molecule has 1 saturated carbocycles. The molecule has 2 aromatic rings. The second kappa shape index (κ2) is 9.00. The van der Waals surface area contributed by atoms with E-state index in [0.717, 1.165) is 0 Å². The largest absolute Gasteiger partial charge is 0.490 e. The molecule has 0 bridgehead atoms. The number of aromatic amines is 1. The number of hydrogen-bond donors (Lipinski definition) is 7. The molecule has 0 saturated heterocycles. The molecule has 8 N–H and O–H groups in total. The molecule has 5 atom stereocenters. The first kappa shape index (κ1) is 26.8. The second-order valence-corrected chi connectivity index (χ2v) is 11.6. The molecular formula is C13H19FN5O12P3. The highest BCUT2D eigenvalue weighted by molar-refractivity contribution is 7.66. The van der Waals surface area contributed by atoms with Crippen LogP contribution in [0.25, 0.3) is 11.2 Å². The van der Waals surface area contributed by atoms with Gasteiger partial charge in [0.2, 0.25) is 5.95 Å². The van der Waals surface area contributed by atoms with Crippen molar-refractivity contribution in [3.63, 3.8) is 0 Å². The quantitative estimate of drug-likeness (QED) is 0.158. The first-order chi connectivity index (χ1) is 15.5. The monoisotopic (exact) mass is 549 g/mol. The maximum atomic E-state index is 14.2. The molecule has 2 aromatic heterocycles. The van der Waals surface area contributed by atoms with E-state index in [9.17, 15) is 37.8 Å². The number of phosphoric ester groups is 1. The van der Waals surface area contributed by atoms with Gasteiger partial charge >= 0.3 is 23.5 Å². The van der Waals surface area contributed by atoms with E-state index in [1.807, 2.05) is 0 Å². The third kappa shape index (κ3) is 5.37. The number of anilines is 1. The van der Waals surface area contributed by atoms with Crippen LogP contribution in [0.2, 0.25) is 0 Å². The number of nitrogen functional groups attached to an aromatic ring is 1. The highest BCUT2D eigenvalue weighted by Crippen LogP contribution is 2.67. The predicted octanol–water partition coefficient (Wildman–Crippen LogP) is -0.137. The van der Waals surface area contributed by atoms with Crippen molar-refractivity contribution in [1.29, 1.82) is 0 Å². The average molecular weight is 549 g/mol. The lowest BCUT2D eigenvalue weighted by Gasteiger charge is -2.31. The number of nitrogens with zero attached hydrogens (tertiary/aromatic N) is 3. The maximum Gasteiger partial charge on any atom is 0.490 e. The Kier molecular flexibility index (Phi) is 7.09. The minimum absolute atomic E-state index is 0.0119. The minimum Gasteiger partial charge on any atom is -0.392 e. The van der Waals surface area contributed by atoms with E-state index in [0.29, 0.717) is 0 Å². The van der Waals surface area contributed by atoms with Crippen molar-refractivity contribution in [3.8, 4) is 0 Å². The van der Waals surface area contributed by atoms with Crippen molar-refractivity contribution >= 4 is 40.6 Å². The van der Waals surface area contributed by atoms with Gasteiger partial charge in [0.15, 0.2) is 11.2 Å². The van der Waals surface area contributed by atoms with Crippen LogP contribution in [0.3, 0.4) is 0 Å². The van der Waals surface area contributed by atoms with Crippen LogP contribution in [0, 0.1) is 5.41 Å². The molecular weight excluding hydrogens is 530 g/mol. The summed E-state index contributed by atoms with van der Waals surface area (Å²) in [5, 5.41) is 10.6. The Morgan fingerprint density at radius 3 is 2.50 bits per heavy atom. The Balaban J connectivity index is 1.85. The minimum atomic E-state index is -5.79. The smallest absolute Gasteiger partial charge is 0.392 e. The van der Waals surface area contributed by atoms with Gasteiger partial charge in [0, 0.05) is 0 Å². The molecule has 190 valence electrons. The number of fused-ring (bicyclic) bond motifs is 1. The number of aliphatic hydroxyl groups is 1. The number of H-pyrrole nitrogens is 1. The number of halogens is 1. The Labute approximate surface area is 188 Å². The zero-order chi connectivity index (χ0) is 25.7. The van der Waals surface area contributed by atoms with Crippen LogP contribution >= 0.6 is 23.5 Å². The molecule has 1 aliphatic rings. The Hall–Kier alpha value is -1.81. The lowest BCUT2D eigenvalue weighted by molar-refractivity contribution is 0.0104. The summed E-state index contributed by atoms with van der Waals surface area (Å²) in [6.07, 6.45) is -0.646. The van der Waals surface area contributed by atoms with Gasteiger partial charge in [-0.25, -0.2) is 23.1 Å². The topological polar surface area (TPSA) is 270 Å². The number of nitrogens with one attached hydrogen (secondary N) is 1. The fourth-order valence-corrected chi connectivity index (χ4v) is 6.57. The number of nitrogens with two attached hydrogens (primary N) is 1. The van der Waals surface area contributed by atoms with Crippen LogP contribution in [0.15, 0.2) is 23.3 Å². The fourth-order valence-electron chi connectivity index (χ4n) is 3.48. The van der Waals surface area contributed by atoms with Gasteiger partial charge in [-0.3, -0.25) is 14.3 Å². The predicted molar refractivity (Wildman–Crippen MR) is 110 cm³/mol. The highest BCUT2D eigenvalue weighted by Gasteiger charge is 2.53. The van der Waals surface area contributed by atoms with Gasteiger partial charge in [-0.1, -0.05) is 6.58 Å². The zero-order valence-electron chi connectivity index (χ0n) is 16.8. The molecule has 0 amide bonds. The van der Waals surface area contributed by atoms with E-state index < -0.39 is 59.9 Å². The van der Waals surface area contributed by atoms with Gasteiger partial charge in [0.1, 0.15) is 6.67 Å². The third-order valence-electron chi connectivity index (χ3n) is 5.05. The van der Waals surface area contributed by atoms with Crippen molar-refractivity contribution in [2.45, 2.75) is 18.6 Å². The molecule has 0 radical (unpaired) electrons. The number of phosphoric acid groups is 3. The van der Waals surface area contributed by atoms with Crippen molar-refractivity contribution < 1.29 is 55.9 Å². The van der Waals surface area contributed by atoms with E-state index in [1.165, 1.54) is 10.9 Å². The van der Waals surface area contributed by atoms with E-state index in [1.54, 1.807) is 0 Å². The highest BCUT2D eigenvalue weighted by atomic mass is 31.3. The number of alkyl halides is 1. The average Bonchev–Trinajstić information content (AvgIpc) is 3.17. The summed E-state index contributed by atoms with van der Waals surface area (Å²) < 4.78 is 61.4. The summed E-state index contributed by atoms with van der Waals surface area (Å²) in [4.78, 5) is 58.1. The van der Waals surface area contributed by atoms with Crippen LogP contribution < -0.4 is 11.3 Å². The standard InChI is InChI=1S/C13H19FN5O12P3/c1-6-7(19-5-16-9-10(19)17-12(15)18-11(9)21)2-8(20)13(6,3-14)4-29-33(25,26)31-34(27,28)30-32(22,23)24/h5,7-8,20H,1-4H2,(H,25,26)(H,27,28)(H2,22,23,24)(H3,15,17,18,21)/t7-,8-,13-/m0/s1.